The maximum absolute atomic E-state index is 13.5. The fourth-order valence-corrected chi connectivity index (χ4v) is 4.42. The molecule has 28 heavy (non-hydrogen) atoms. The monoisotopic (exact) mass is 457 g/mol. The molecule has 3 rings (SSSR count). The summed E-state index contributed by atoms with van der Waals surface area (Å²) in [5.74, 6) is -0.410. The summed E-state index contributed by atoms with van der Waals surface area (Å²) >= 11 is 3.33. The summed E-state index contributed by atoms with van der Waals surface area (Å²) in [6.45, 7) is 1.65. The molecule has 4 N–H and O–H groups in total. The minimum Gasteiger partial charge on any atom is -0.447 e. The molecule has 1 saturated carbocycles. The molecule has 0 radical (unpaired) electrons. The van der Waals surface area contributed by atoms with Gasteiger partial charge in [-0.25, -0.2) is 19.4 Å². The maximum atomic E-state index is 13.5. The van der Waals surface area contributed by atoms with E-state index in [-0.39, 0.29) is 6.42 Å². The fourth-order valence-electron chi connectivity index (χ4n) is 3.88. The van der Waals surface area contributed by atoms with E-state index in [1.807, 2.05) is 0 Å². The third kappa shape index (κ3) is 4.27. The standard InChI is InChI=1S/C18H21BrFN3O5/c1-10(27-15(21)24)9-17(26)4-6-18(7-5-17)14(22-23-16(25)28-18)12-3-2-11(20)8-13(12)19/h2-3,8,10,26H,4-7,9H2,1H3,(H2,21,24)(H,23,25)/t10-,17?,18?/m0/s1. The van der Waals surface area contributed by atoms with Gasteiger partial charge in [0.15, 0.2) is 5.60 Å². The van der Waals surface area contributed by atoms with Crippen molar-refractivity contribution in [1.82, 2.24) is 5.43 Å². The van der Waals surface area contributed by atoms with E-state index in [2.05, 4.69) is 26.5 Å². The van der Waals surface area contributed by atoms with E-state index in [9.17, 15) is 19.1 Å². The average molecular weight is 458 g/mol. The van der Waals surface area contributed by atoms with Crippen LogP contribution in [0, 0.1) is 5.82 Å². The first-order chi connectivity index (χ1) is 13.1. The van der Waals surface area contributed by atoms with Crippen LogP contribution in [0.5, 0.6) is 0 Å². The van der Waals surface area contributed by atoms with Crippen molar-refractivity contribution in [2.75, 3.05) is 0 Å². The zero-order valence-corrected chi connectivity index (χ0v) is 16.8. The number of hydrogen-bond donors (Lipinski definition) is 3. The lowest BCUT2D eigenvalue weighted by Crippen LogP contribution is -2.55. The lowest BCUT2D eigenvalue weighted by Gasteiger charge is -2.45. The Morgan fingerprint density at radius 2 is 2.14 bits per heavy atom. The SMILES string of the molecule is C[C@@H](CC1(O)CCC2(CC1)OC(=O)NN=C2c1ccc(F)cc1Br)OC(N)=O. The number of nitrogens with two attached hydrogens (primary N) is 1. The smallest absolute Gasteiger partial charge is 0.428 e. The fraction of sp³-hybridized carbons (Fsp3) is 0.500. The van der Waals surface area contributed by atoms with Crippen LogP contribution in [0.1, 0.15) is 44.6 Å². The van der Waals surface area contributed by atoms with Crippen molar-refractivity contribution >= 4 is 33.8 Å². The van der Waals surface area contributed by atoms with E-state index in [1.54, 1.807) is 13.0 Å². The van der Waals surface area contributed by atoms with Crippen molar-refractivity contribution in [1.29, 1.82) is 0 Å². The van der Waals surface area contributed by atoms with E-state index >= 15 is 0 Å². The van der Waals surface area contributed by atoms with Gasteiger partial charge >= 0.3 is 12.2 Å². The van der Waals surface area contributed by atoms with Gasteiger partial charge in [-0.3, -0.25) is 0 Å². The number of nitrogens with one attached hydrogen (secondary N) is 1. The molecular weight excluding hydrogens is 437 g/mol. The van der Waals surface area contributed by atoms with Crippen molar-refractivity contribution in [2.45, 2.75) is 56.3 Å². The first-order valence-corrected chi connectivity index (χ1v) is 9.63. The summed E-state index contributed by atoms with van der Waals surface area (Å²) in [5.41, 5.74) is 6.24. The molecule has 0 bridgehead atoms. The molecule has 1 atom stereocenters. The van der Waals surface area contributed by atoms with Crippen LogP contribution in [0.25, 0.3) is 0 Å². The Morgan fingerprint density at radius 3 is 2.75 bits per heavy atom. The van der Waals surface area contributed by atoms with E-state index in [4.69, 9.17) is 15.2 Å². The van der Waals surface area contributed by atoms with Crippen LogP contribution >= 0.6 is 15.9 Å². The molecule has 0 saturated heterocycles. The molecule has 1 aliphatic heterocycles. The van der Waals surface area contributed by atoms with Crippen LogP contribution < -0.4 is 11.2 Å². The van der Waals surface area contributed by atoms with Crippen LogP contribution in [0.2, 0.25) is 0 Å². The number of benzene rings is 1. The number of ether oxygens (including phenoxy) is 2. The van der Waals surface area contributed by atoms with Crippen molar-refractivity contribution in [3.8, 4) is 0 Å². The van der Waals surface area contributed by atoms with Gasteiger partial charge in [-0.15, -0.1) is 0 Å². The van der Waals surface area contributed by atoms with E-state index < -0.39 is 35.3 Å². The lowest BCUT2D eigenvalue weighted by atomic mass is 9.70. The number of primary amides is 1. The van der Waals surface area contributed by atoms with Gasteiger partial charge in [0.25, 0.3) is 0 Å². The first kappa shape index (κ1) is 20.5. The number of nitrogens with zero attached hydrogens (tertiary/aromatic N) is 1. The van der Waals surface area contributed by atoms with Crippen LogP contribution in [-0.4, -0.2) is 40.3 Å². The zero-order chi connectivity index (χ0) is 20.5. The minimum absolute atomic E-state index is 0.213. The molecule has 0 aromatic heterocycles. The molecule has 10 heteroatoms. The molecule has 8 nitrogen and oxygen atoms in total. The summed E-state index contributed by atoms with van der Waals surface area (Å²) in [6.07, 6.45) is -0.707. The Morgan fingerprint density at radius 1 is 1.46 bits per heavy atom. The molecule has 1 aromatic carbocycles. The number of hydrogen-bond acceptors (Lipinski definition) is 6. The van der Waals surface area contributed by atoms with Crippen molar-refractivity contribution < 1.29 is 28.6 Å². The minimum atomic E-state index is -1.09. The number of aliphatic hydroxyl groups is 1. The highest BCUT2D eigenvalue weighted by molar-refractivity contribution is 9.10. The number of carbonyl (C=O) groups excluding carboxylic acids is 2. The molecule has 2 aliphatic rings. The Labute approximate surface area is 169 Å². The van der Waals surface area contributed by atoms with Gasteiger partial charge in [0, 0.05) is 16.5 Å². The number of carbonyl (C=O) groups is 2. The highest BCUT2D eigenvalue weighted by Crippen LogP contribution is 2.43. The Hall–Kier alpha value is -2.20. The average Bonchev–Trinajstić information content (AvgIpc) is 2.58. The van der Waals surface area contributed by atoms with Gasteiger partial charge in [-0.05, 0) is 50.8 Å². The third-order valence-corrected chi connectivity index (χ3v) is 5.79. The molecule has 1 spiro atoms. The number of amides is 2. The summed E-state index contributed by atoms with van der Waals surface area (Å²) in [5, 5.41) is 15.1. The van der Waals surface area contributed by atoms with Gasteiger partial charge < -0.3 is 20.3 Å². The second-order valence-electron chi connectivity index (χ2n) is 7.26. The van der Waals surface area contributed by atoms with Gasteiger partial charge in [-0.2, -0.15) is 5.10 Å². The van der Waals surface area contributed by atoms with E-state index in [1.165, 1.54) is 12.1 Å². The second-order valence-corrected chi connectivity index (χ2v) is 8.11. The lowest BCUT2D eigenvalue weighted by molar-refractivity contribution is -0.0786. The number of hydrazone groups is 1. The Bertz CT molecular complexity index is 823. The van der Waals surface area contributed by atoms with Crippen molar-refractivity contribution in [2.24, 2.45) is 10.8 Å². The van der Waals surface area contributed by atoms with Crippen LogP contribution in [-0.2, 0) is 9.47 Å². The molecule has 2 amide bonds. The molecular formula is C18H21BrFN3O5. The summed E-state index contributed by atoms with van der Waals surface area (Å²) in [7, 11) is 0. The predicted molar refractivity (Wildman–Crippen MR) is 101 cm³/mol. The highest BCUT2D eigenvalue weighted by Gasteiger charge is 2.50. The summed E-state index contributed by atoms with van der Waals surface area (Å²) in [6, 6.07) is 4.17. The van der Waals surface area contributed by atoms with Gasteiger partial charge in [0.2, 0.25) is 0 Å². The molecule has 1 aromatic rings. The van der Waals surface area contributed by atoms with E-state index in [0.29, 0.717) is 41.4 Å². The molecule has 152 valence electrons. The number of rotatable bonds is 4. The molecule has 1 aliphatic carbocycles. The Kier molecular flexibility index (Phi) is 5.62. The molecule has 0 unspecified atom stereocenters. The largest absolute Gasteiger partial charge is 0.447 e. The van der Waals surface area contributed by atoms with Crippen molar-refractivity contribution in [3.05, 3.63) is 34.1 Å². The normalized spacial score (nSPS) is 28.1. The number of halogens is 2. The zero-order valence-electron chi connectivity index (χ0n) is 15.2. The summed E-state index contributed by atoms with van der Waals surface area (Å²) in [4.78, 5) is 22.8. The van der Waals surface area contributed by atoms with Gasteiger partial charge in [-0.1, -0.05) is 15.9 Å². The van der Waals surface area contributed by atoms with Gasteiger partial charge in [0.05, 0.1) is 5.60 Å². The van der Waals surface area contributed by atoms with Gasteiger partial charge in [0.1, 0.15) is 17.6 Å². The Balaban J connectivity index is 1.82. The quantitative estimate of drug-likeness (QED) is 0.640. The molecule has 1 heterocycles. The predicted octanol–water partition coefficient (Wildman–Crippen LogP) is 2.95. The maximum Gasteiger partial charge on any atom is 0.428 e. The highest BCUT2D eigenvalue weighted by atomic mass is 79.9. The molecule has 1 fully saturated rings. The topological polar surface area (TPSA) is 123 Å². The van der Waals surface area contributed by atoms with E-state index in [0.717, 1.165) is 0 Å². The van der Waals surface area contributed by atoms with Crippen LogP contribution in [0.3, 0.4) is 0 Å². The van der Waals surface area contributed by atoms with Crippen LogP contribution in [0.4, 0.5) is 14.0 Å². The summed E-state index contributed by atoms with van der Waals surface area (Å²) < 4.78 is 24.5. The first-order valence-electron chi connectivity index (χ1n) is 8.84. The second kappa shape index (κ2) is 7.67. The third-order valence-electron chi connectivity index (χ3n) is 5.14. The van der Waals surface area contributed by atoms with Crippen molar-refractivity contribution in [3.63, 3.8) is 0 Å². The van der Waals surface area contributed by atoms with Crippen LogP contribution in [0.15, 0.2) is 27.8 Å².